The van der Waals surface area contributed by atoms with Crippen molar-refractivity contribution in [3.8, 4) is 0 Å². The molecule has 0 radical (unpaired) electrons. The van der Waals surface area contributed by atoms with E-state index in [1.165, 1.54) is 0 Å². The van der Waals surface area contributed by atoms with Gasteiger partial charge < -0.3 is 5.73 Å². The third-order valence-electron chi connectivity index (χ3n) is 1.59. The van der Waals surface area contributed by atoms with Crippen LogP contribution < -0.4 is 5.73 Å². The molecule has 8 heavy (non-hydrogen) atoms. The van der Waals surface area contributed by atoms with Gasteiger partial charge in [0.25, 0.3) is 0 Å². The van der Waals surface area contributed by atoms with Gasteiger partial charge in [-0.15, -0.1) is 0 Å². The highest BCUT2D eigenvalue weighted by molar-refractivity contribution is 7.80. The fourth-order valence-electron chi connectivity index (χ4n) is 0.483. The Balaban J connectivity index is 3.29. The minimum Gasteiger partial charge on any atom is -0.327 e. The third kappa shape index (κ3) is 2.58. The average Bonchev–Trinajstić information content (AvgIpc) is 1.84. The van der Waals surface area contributed by atoms with Gasteiger partial charge in [0.15, 0.2) is 0 Å². The van der Waals surface area contributed by atoms with Crippen molar-refractivity contribution in [3.05, 3.63) is 0 Å². The zero-order chi connectivity index (χ0) is 6.57. The van der Waals surface area contributed by atoms with Crippen molar-refractivity contribution in [2.24, 2.45) is 11.7 Å². The molecule has 50 valence electrons. The number of thiol groups is 1. The molecule has 1 nitrogen and oxygen atoms in total. The lowest BCUT2D eigenvalue weighted by Crippen LogP contribution is -2.29. The summed E-state index contributed by atoms with van der Waals surface area (Å²) in [6.07, 6.45) is 1.15. The predicted molar refractivity (Wildman–Crippen MR) is 41.3 cm³/mol. The maximum atomic E-state index is 5.65. The van der Waals surface area contributed by atoms with E-state index in [1.807, 2.05) is 0 Å². The number of nitrogens with two attached hydrogens (primary N) is 1. The van der Waals surface area contributed by atoms with Gasteiger partial charge in [-0.25, -0.2) is 0 Å². The summed E-state index contributed by atoms with van der Waals surface area (Å²) in [4.78, 5) is 0. The van der Waals surface area contributed by atoms with Crippen molar-refractivity contribution in [2.75, 3.05) is 5.75 Å². The quantitative estimate of drug-likeness (QED) is 0.557. The normalized spacial score (nSPS) is 18.0. The minimum absolute atomic E-state index is 0.281. The zero-order valence-electron chi connectivity index (χ0n) is 5.59. The van der Waals surface area contributed by atoms with E-state index in [0.29, 0.717) is 5.92 Å². The fourth-order valence-corrected chi connectivity index (χ4v) is 0.843. The second kappa shape index (κ2) is 4.21. The first-order valence-electron chi connectivity index (χ1n) is 3.08. The van der Waals surface area contributed by atoms with Crippen LogP contribution in [-0.2, 0) is 0 Å². The first kappa shape index (κ1) is 8.31. The monoisotopic (exact) mass is 133 g/mol. The molecule has 0 aromatic carbocycles. The molecule has 0 aromatic heterocycles. The van der Waals surface area contributed by atoms with Gasteiger partial charge in [0, 0.05) is 11.8 Å². The van der Waals surface area contributed by atoms with Gasteiger partial charge >= 0.3 is 0 Å². The van der Waals surface area contributed by atoms with Crippen LogP contribution in [0.2, 0.25) is 0 Å². The second-order valence-corrected chi connectivity index (χ2v) is 2.60. The molecule has 0 bridgehead atoms. The van der Waals surface area contributed by atoms with Crippen molar-refractivity contribution in [1.29, 1.82) is 0 Å². The van der Waals surface area contributed by atoms with Crippen molar-refractivity contribution >= 4 is 12.6 Å². The lowest BCUT2D eigenvalue weighted by molar-refractivity contribution is 0.476. The summed E-state index contributed by atoms with van der Waals surface area (Å²) < 4.78 is 0. The maximum Gasteiger partial charge on any atom is 0.0153 e. The van der Waals surface area contributed by atoms with Crippen molar-refractivity contribution in [3.63, 3.8) is 0 Å². The second-order valence-electron chi connectivity index (χ2n) is 2.23. The summed E-state index contributed by atoms with van der Waals surface area (Å²) in [5, 5.41) is 0. The first-order valence-corrected chi connectivity index (χ1v) is 3.72. The Labute approximate surface area is 57.1 Å². The molecule has 0 aliphatic carbocycles. The molecule has 2 N–H and O–H groups in total. The van der Waals surface area contributed by atoms with Crippen molar-refractivity contribution in [2.45, 2.75) is 26.3 Å². The highest BCUT2D eigenvalue weighted by Gasteiger charge is 2.06. The molecule has 0 unspecified atom stereocenters. The van der Waals surface area contributed by atoms with E-state index >= 15 is 0 Å². The summed E-state index contributed by atoms with van der Waals surface area (Å²) in [6.45, 7) is 4.30. The van der Waals surface area contributed by atoms with Crippen LogP contribution in [0.4, 0.5) is 0 Å². The zero-order valence-corrected chi connectivity index (χ0v) is 6.49. The van der Waals surface area contributed by atoms with Crippen LogP contribution in [0, 0.1) is 5.92 Å². The Morgan fingerprint density at radius 1 is 1.62 bits per heavy atom. The topological polar surface area (TPSA) is 26.0 Å². The molecular formula is C6H15NS. The summed E-state index contributed by atoms with van der Waals surface area (Å²) in [6, 6.07) is 0.281. The van der Waals surface area contributed by atoms with E-state index in [1.54, 1.807) is 0 Å². The van der Waals surface area contributed by atoms with Gasteiger partial charge in [-0.2, -0.15) is 12.6 Å². The Hall–Kier alpha value is 0.310. The van der Waals surface area contributed by atoms with E-state index < -0.39 is 0 Å². The number of rotatable bonds is 3. The molecule has 0 rings (SSSR count). The Morgan fingerprint density at radius 2 is 2.12 bits per heavy atom. The summed E-state index contributed by atoms with van der Waals surface area (Å²) >= 11 is 4.08. The molecule has 0 saturated heterocycles. The highest BCUT2D eigenvalue weighted by Crippen LogP contribution is 2.05. The summed E-state index contributed by atoms with van der Waals surface area (Å²) in [7, 11) is 0. The molecular weight excluding hydrogens is 118 g/mol. The summed E-state index contributed by atoms with van der Waals surface area (Å²) in [5.74, 6) is 1.42. The van der Waals surface area contributed by atoms with E-state index in [9.17, 15) is 0 Å². The fraction of sp³-hybridized carbons (Fsp3) is 1.00. The van der Waals surface area contributed by atoms with Crippen LogP contribution in [0.5, 0.6) is 0 Å². The Morgan fingerprint density at radius 3 is 2.25 bits per heavy atom. The van der Waals surface area contributed by atoms with Crippen LogP contribution in [0.15, 0.2) is 0 Å². The van der Waals surface area contributed by atoms with Crippen LogP contribution >= 0.6 is 12.6 Å². The minimum atomic E-state index is 0.281. The molecule has 0 fully saturated rings. The maximum absolute atomic E-state index is 5.65. The number of hydrogen-bond donors (Lipinski definition) is 2. The van der Waals surface area contributed by atoms with E-state index in [0.717, 1.165) is 12.2 Å². The molecule has 0 spiro atoms. The van der Waals surface area contributed by atoms with Crippen LogP contribution in [0.25, 0.3) is 0 Å². The number of hydrogen-bond acceptors (Lipinski definition) is 2. The van der Waals surface area contributed by atoms with Gasteiger partial charge in [0.1, 0.15) is 0 Å². The molecule has 0 aliphatic heterocycles. The average molecular weight is 133 g/mol. The first-order chi connectivity index (χ1) is 3.72. The summed E-state index contributed by atoms with van der Waals surface area (Å²) in [5.41, 5.74) is 5.65. The van der Waals surface area contributed by atoms with Crippen molar-refractivity contribution < 1.29 is 0 Å². The van der Waals surface area contributed by atoms with Gasteiger partial charge in [-0.05, 0) is 5.92 Å². The largest absolute Gasteiger partial charge is 0.327 e. The highest BCUT2D eigenvalue weighted by atomic mass is 32.1. The third-order valence-corrected chi connectivity index (χ3v) is 2.01. The molecule has 2 heteroatoms. The van der Waals surface area contributed by atoms with Gasteiger partial charge in [0.05, 0.1) is 0 Å². The van der Waals surface area contributed by atoms with Crippen molar-refractivity contribution in [1.82, 2.24) is 0 Å². The smallest absolute Gasteiger partial charge is 0.0153 e. The van der Waals surface area contributed by atoms with Gasteiger partial charge in [-0.3, -0.25) is 0 Å². The van der Waals surface area contributed by atoms with Gasteiger partial charge in [0.2, 0.25) is 0 Å². The SMILES string of the molecule is CC[C@H](C)[C@H](N)CS. The van der Waals surface area contributed by atoms with Crippen LogP contribution in [0.3, 0.4) is 0 Å². The molecule has 0 saturated carbocycles. The lowest BCUT2D eigenvalue weighted by Gasteiger charge is -2.14. The molecule has 2 atom stereocenters. The van der Waals surface area contributed by atoms with Crippen LogP contribution in [-0.4, -0.2) is 11.8 Å². The van der Waals surface area contributed by atoms with E-state index in [4.69, 9.17) is 5.73 Å². The van der Waals surface area contributed by atoms with E-state index in [2.05, 4.69) is 26.5 Å². The Kier molecular flexibility index (Phi) is 4.38. The molecule has 0 heterocycles. The van der Waals surface area contributed by atoms with Gasteiger partial charge in [-0.1, -0.05) is 20.3 Å². The molecule has 0 amide bonds. The lowest BCUT2D eigenvalue weighted by atomic mass is 10.0. The molecule has 0 aliphatic rings. The Bertz CT molecular complexity index is 48.5. The molecule has 0 aromatic rings. The predicted octanol–water partition coefficient (Wildman–Crippen LogP) is 1.29. The van der Waals surface area contributed by atoms with E-state index in [-0.39, 0.29) is 6.04 Å². The van der Waals surface area contributed by atoms with Crippen LogP contribution in [0.1, 0.15) is 20.3 Å². The standard InChI is InChI=1S/C6H15NS/c1-3-5(2)6(7)4-8/h5-6,8H,3-4,7H2,1-2H3/t5-,6+/m0/s1.